The van der Waals surface area contributed by atoms with Crippen LogP contribution < -0.4 is 19.7 Å². The molecule has 3 aromatic rings. The summed E-state index contributed by atoms with van der Waals surface area (Å²) in [5.74, 6) is -0.235. The van der Waals surface area contributed by atoms with Crippen LogP contribution in [0.1, 0.15) is 12.0 Å². The van der Waals surface area contributed by atoms with Gasteiger partial charge in [0.25, 0.3) is 5.91 Å². The molecule has 1 atom stereocenters. The van der Waals surface area contributed by atoms with Gasteiger partial charge in [-0.05, 0) is 66.2 Å². The van der Waals surface area contributed by atoms with Crippen LogP contribution in [0.25, 0.3) is 0 Å². The molecule has 0 aliphatic carbocycles. The summed E-state index contributed by atoms with van der Waals surface area (Å²) < 4.78 is 24.0. The Morgan fingerprint density at radius 3 is 2.17 bits per heavy atom. The molecule has 0 spiro atoms. The van der Waals surface area contributed by atoms with Crippen molar-refractivity contribution in [3.05, 3.63) is 84.2 Å². The Kier molecular flexibility index (Phi) is 6.96. The van der Waals surface area contributed by atoms with E-state index >= 15 is 0 Å². The van der Waals surface area contributed by atoms with Crippen molar-refractivity contribution in [2.24, 2.45) is 0 Å². The summed E-state index contributed by atoms with van der Waals surface area (Å²) in [6, 6.07) is 17.3. The van der Waals surface area contributed by atoms with Gasteiger partial charge in [0.2, 0.25) is 5.91 Å². The van der Waals surface area contributed by atoms with E-state index in [-0.39, 0.29) is 13.0 Å². The number of anilines is 2. The summed E-state index contributed by atoms with van der Waals surface area (Å²) >= 11 is 0. The standard InChI is InChI=1S/C26H24FN3O5/c1-34-21-10-6-19(7-11-21)28-24(31)15-23-25(32)30(20-8-12-22(35-2)13-9-20)26(33)29(23)16-17-4-3-5-18(27)14-17/h3-14,23H,15-16H2,1-2H3,(H,28,31)/t23-/m1/s1. The van der Waals surface area contributed by atoms with E-state index in [4.69, 9.17) is 9.47 Å². The Hall–Kier alpha value is -4.40. The highest BCUT2D eigenvalue weighted by atomic mass is 19.1. The van der Waals surface area contributed by atoms with Gasteiger partial charge in [-0.25, -0.2) is 14.1 Å². The topological polar surface area (TPSA) is 88.2 Å². The molecular formula is C26H24FN3O5. The van der Waals surface area contributed by atoms with E-state index in [0.29, 0.717) is 28.4 Å². The maximum atomic E-state index is 13.8. The third kappa shape index (κ3) is 5.24. The number of nitrogens with zero attached hydrogens (tertiary/aromatic N) is 2. The Labute approximate surface area is 201 Å². The molecule has 0 unspecified atom stereocenters. The first kappa shape index (κ1) is 23.7. The normalized spacial score (nSPS) is 15.3. The van der Waals surface area contributed by atoms with E-state index in [1.54, 1.807) is 54.6 Å². The van der Waals surface area contributed by atoms with Crippen LogP contribution in [0.5, 0.6) is 11.5 Å². The molecule has 35 heavy (non-hydrogen) atoms. The van der Waals surface area contributed by atoms with Crippen molar-refractivity contribution in [3.63, 3.8) is 0 Å². The van der Waals surface area contributed by atoms with Crippen LogP contribution in [0.3, 0.4) is 0 Å². The third-order valence-electron chi connectivity index (χ3n) is 5.64. The molecule has 1 fully saturated rings. The molecule has 0 radical (unpaired) electrons. The fourth-order valence-corrected chi connectivity index (χ4v) is 3.88. The van der Waals surface area contributed by atoms with Crippen LogP contribution in [-0.4, -0.2) is 43.0 Å². The lowest BCUT2D eigenvalue weighted by Gasteiger charge is -2.21. The molecule has 4 amide bonds. The van der Waals surface area contributed by atoms with E-state index in [0.717, 1.165) is 4.90 Å². The molecule has 9 heteroatoms. The van der Waals surface area contributed by atoms with Gasteiger partial charge in [0.05, 0.1) is 26.3 Å². The lowest BCUT2D eigenvalue weighted by molar-refractivity contribution is -0.124. The van der Waals surface area contributed by atoms with Crippen LogP contribution in [-0.2, 0) is 16.1 Å². The minimum Gasteiger partial charge on any atom is -0.497 e. The molecule has 0 aromatic heterocycles. The van der Waals surface area contributed by atoms with Crippen molar-refractivity contribution >= 4 is 29.2 Å². The zero-order valence-corrected chi connectivity index (χ0v) is 19.2. The number of hydrogen-bond acceptors (Lipinski definition) is 5. The van der Waals surface area contributed by atoms with Gasteiger partial charge in [-0.15, -0.1) is 0 Å². The van der Waals surface area contributed by atoms with E-state index < -0.39 is 29.7 Å². The number of amides is 4. The lowest BCUT2D eigenvalue weighted by Crippen LogP contribution is -2.37. The molecule has 8 nitrogen and oxygen atoms in total. The minimum absolute atomic E-state index is 0.0323. The van der Waals surface area contributed by atoms with Gasteiger partial charge in [-0.2, -0.15) is 0 Å². The molecular weight excluding hydrogens is 453 g/mol. The number of urea groups is 1. The van der Waals surface area contributed by atoms with Gasteiger partial charge in [-0.1, -0.05) is 12.1 Å². The summed E-state index contributed by atoms with van der Waals surface area (Å²) in [5.41, 5.74) is 1.38. The summed E-state index contributed by atoms with van der Waals surface area (Å²) in [4.78, 5) is 41.9. The number of imide groups is 1. The second-order valence-corrected chi connectivity index (χ2v) is 7.91. The molecule has 180 valence electrons. The van der Waals surface area contributed by atoms with Crippen molar-refractivity contribution in [1.29, 1.82) is 0 Å². The first-order valence-corrected chi connectivity index (χ1v) is 10.9. The van der Waals surface area contributed by atoms with Gasteiger partial charge >= 0.3 is 6.03 Å². The van der Waals surface area contributed by atoms with Crippen LogP contribution in [0.2, 0.25) is 0 Å². The predicted octanol–water partition coefficient (Wildman–Crippen LogP) is 4.21. The van der Waals surface area contributed by atoms with Gasteiger partial charge in [0, 0.05) is 12.2 Å². The maximum absolute atomic E-state index is 13.8. The Balaban J connectivity index is 1.59. The molecule has 1 N–H and O–H groups in total. The molecule has 1 heterocycles. The van der Waals surface area contributed by atoms with Crippen LogP contribution in [0.4, 0.5) is 20.6 Å². The summed E-state index contributed by atoms with van der Waals surface area (Å²) in [6.07, 6.45) is -0.265. The maximum Gasteiger partial charge on any atom is 0.332 e. The highest BCUT2D eigenvalue weighted by Gasteiger charge is 2.46. The summed E-state index contributed by atoms with van der Waals surface area (Å²) in [6.45, 7) is -0.0323. The van der Waals surface area contributed by atoms with Crippen molar-refractivity contribution < 1.29 is 28.2 Å². The zero-order valence-electron chi connectivity index (χ0n) is 19.2. The number of nitrogens with one attached hydrogen (secondary N) is 1. The fourth-order valence-electron chi connectivity index (χ4n) is 3.88. The number of carbonyl (C=O) groups excluding carboxylic acids is 3. The van der Waals surface area contributed by atoms with Crippen LogP contribution >= 0.6 is 0 Å². The van der Waals surface area contributed by atoms with Gasteiger partial charge in [-0.3, -0.25) is 9.59 Å². The van der Waals surface area contributed by atoms with Crippen molar-refractivity contribution in [2.75, 3.05) is 24.4 Å². The second kappa shape index (κ2) is 10.3. The van der Waals surface area contributed by atoms with Crippen LogP contribution in [0.15, 0.2) is 72.8 Å². The average Bonchev–Trinajstić information content (AvgIpc) is 3.08. The predicted molar refractivity (Wildman–Crippen MR) is 128 cm³/mol. The molecule has 3 aromatic carbocycles. The number of rotatable bonds is 8. The summed E-state index contributed by atoms with van der Waals surface area (Å²) in [7, 11) is 3.05. The van der Waals surface area contributed by atoms with Crippen LogP contribution in [0, 0.1) is 5.82 Å². The molecule has 1 saturated heterocycles. The lowest BCUT2D eigenvalue weighted by atomic mass is 10.1. The van der Waals surface area contributed by atoms with E-state index in [2.05, 4.69) is 5.32 Å². The number of methoxy groups -OCH3 is 2. The zero-order chi connectivity index (χ0) is 24.9. The van der Waals surface area contributed by atoms with Crippen molar-refractivity contribution in [3.8, 4) is 11.5 Å². The van der Waals surface area contributed by atoms with E-state index in [1.165, 1.54) is 37.3 Å². The summed E-state index contributed by atoms with van der Waals surface area (Å²) in [5, 5.41) is 2.74. The van der Waals surface area contributed by atoms with Crippen molar-refractivity contribution in [2.45, 2.75) is 19.0 Å². The quantitative estimate of drug-likeness (QED) is 0.491. The fraction of sp³-hybridized carbons (Fsp3) is 0.192. The SMILES string of the molecule is COc1ccc(NC(=O)C[C@@H]2C(=O)N(c3ccc(OC)cc3)C(=O)N2Cc2cccc(F)c2)cc1. The molecule has 0 bridgehead atoms. The van der Waals surface area contributed by atoms with E-state index in [1.807, 2.05) is 0 Å². The van der Waals surface area contributed by atoms with Gasteiger partial charge in [0.1, 0.15) is 23.4 Å². The van der Waals surface area contributed by atoms with Crippen molar-refractivity contribution in [1.82, 2.24) is 4.90 Å². The number of ether oxygens (including phenoxy) is 2. The number of carbonyl (C=O) groups is 3. The first-order valence-electron chi connectivity index (χ1n) is 10.9. The molecule has 1 aliphatic rings. The Morgan fingerprint density at radius 2 is 1.57 bits per heavy atom. The van der Waals surface area contributed by atoms with E-state index in [9.17, 15) is 18.8 Å². The number of halogens is 1. The highest BCUT2D eigenvalue weighted by Crippen LogP contribution is 2.30. The number of benzene rings is 3. The smallest absolute Gasteiger partial charge is 0.332 e. The minimum atomic E-state index is -1.06. The average molecular weight is 477 g/mol. The Bertz CT molecular complexity index is 1230. The largest absolute Gasteiger partial charge is 0.497 e. The van der Waals surface area contributed by atoms with Gasteiger partial charge < -0.3 is 19.7 Å². The van der Waals surface area contributed by atoms with Gasteiger partial charge in [0.15, 0.2) is 0 Å². The molecule has 4 rings (SSSR count). The number of hydrogen-bond donors (Lipinski definition) is 1. The molecule has 1 aliphatic heterocycles. The Morgan fingerprint density at radius 1 is 0.943 bits per heavy atom. The highest BCUT2D eigenvalue weighted by molar-refractivity contribution is 6.22. The molecule has 0 saturated carbocycles. The third-order valence-corrected chi connectivity index (χ3v) is 5.64. The second-order valence-electron chi connectivity index (χ2n) is 7.91. The first-order chi connectivity index (χ1) is 16.9. The monoisotopic (exact) mass is 477 g/mol.